The molecule has 1 aromatic carbocycles. The molecule has 0 aliphatic carbocycles. The number of rotatable bonds is 5. The van der Waals surface area contributed by atoms with E-state index in [1.54, 1.807) is 6.07 Å². The summed E-state index contributed by atoms with van der Waals surface area (Å²) in [6.07, 6.45) is 0.633. The van der Waals surface area contributed by atoms with E-state index in [-0.39, 0.29) is 16.0 Å². The van der Waals surface area contributed by atoms with Crippen molar-refractivity contribution in [1.29, 1.82) is 0 Å². The number of para-hydroxylation sites is 1. The Hall–Kier alpha value is -0.550. The van der Waals surface area contributed by atoms with Crippen LogP contribution in [-0.2, 0) is 10.0 Å². The van der Waals surface area contributed by atoms with Crippen LogP contribution < -0.4 is 4.72 Å². The normalized spacial score (nSPS) is 14.2. The van der Waals surface area contributed by atoms with Gasteiger partial charge in [0.15, 0.2) is 0 Å². The van der Waals surface area contributed by atoms with Gasteiger partial charge in [-0.3, -0.25) is 4.72 Å². The summed E-state index contributed by atoms with van der Waals surface area (Å²) in [6, 6.07) is 7.45. The second kappa shape index (κ2) is 6.27. The molecule has 0 aliphatic rings. The Morgan fingerprint density at radius 1 is 1.26 bits per heavy atom. The Morgan fingerprint density at radius 2 is 1.84 bits per heavy atom. The summed E-state index contributed by atoms with van der Waals surface area (Å²) in [7, 11) is -3.29. The highest BCUT2D eigenvalue weighted by molar-refractivity contribution is 9.09. The van der Waals surface area contributed by atoms with Gasteiger partial charge in [-0.1, -0.05) is 54.9 Å². The molecule has 1 unspecified atom stereocenters. The highest BCUT2D eigenvalue weighted by Gasteiger charge is 2.18. The Labute approximate surface area is 125 Å². The third-order valence-electron chi connectivity index (χ3n) is 2.78. The molecular weight excluding hydrogens is 326 g/mol. The van der Waals surface area contributed by atoms with Gasteiger partial charge in [-0.05, 0) is 30.4 Å². The Morgan fingerprint density at radius 3 is 2.37 bits per heavy atom. The van der Waals surface area contributed by atoms with Gasteiger partial charge in [0.1, 0.15) is 0 Å². The zero-order chi connectivity index (χ0) is 14.7. The van der Waals surface area contributed by atoms with Gasteiger partial charge in [0.2, 0.25) is 10.0 Å². The van der Waals surface area contributed by atoms with Gasteiger partial charge in [0.05, 0.1) is 11.4 Å². The first-order valence-electron chi connectivity index (χ1n) is 6.34. The number of benzene rings is 1. The van der Waals surface area contributed by atoms with Crippen LogP contribution >= 0.6 is 15.9 Å². The molecule has 19 heavy (non-hydrogen) atoms. The maximum atomic E-state index is 12.1. The zero-order valence-electron chi connectivity index (χ0n) is 11.9. The molecule has 1 N–H and O–H groups in total. The first-order chi connectivity index (χ1) is 8.61. The van der Waals surface area contributed by atoms with Crippen LogP contribution in [0.2, 0.25) is 0 Å². The van der Waals surface area contributed by atoms with Crippen LogP contribution in [0.3, 0.4) is 0 Å². The molecule has 1 aromatic rings. The van der Waals surface area contributed by atoms with Gasteiger partial charge in [-0.15, -0.1) is 0 Å². The van der Waals surface area contributed by atoms with E-state index in [2.05, 4.69) is 20.7 Å². The van der Waals surface area contributed by atoms with Gasteiger partial charge in [-0.25, -0.2) is 8.42 Å². The van der Waals surface area contributed by atoms with Crippen molar-refractivity contribution < 1.29 is 8.42 Å². The third-order valence-corrected chi connectivity index (χ3v) is 4.54. The van der Waals surface area contributed by atoms with Gasteiger partial charge < -0.3 is 0 Å². The van der Waals surface area contributed by atoms with E-state index in [1.807, 2.05) is 45.9 Å². The molecule has 0 aromatic heterocycles. The van der Waals surface area contributed by atoms with Crippen LogP contribution in [0.15, 0.2) is 24.3 Å². The molecule has 0 radical (unpaired) electrons. The summed E-state index contributed by atoms with van der Waals surface area (Å²) in [5.41, 5.74) is 1.61. The molecular formula is C14H22BrNO2S. The molecule has 1 atom stereocenters. The second-order valence-corrected chi connectivity index (χ2v) is 9.15. The molecule has 5 heteroatoms. The van der Waals surface area contributed by atoms with Crippen molar-refractivity contribution in [3.8, 4) is 0 Å². The third kappa shape index (κ3) is 5.95. The largest absolute Gasteiger partial charge is 0.283 e. The van der Waals surface area contributed by atoms with E-state index in [4.69, 9.17) is 0 Å². The minimum absolute atomic E-state index is 0.0109. The smallest absolute Gasteiger partial charge is 0.232 e. The van der Waals surface area contributed by atoms with Gasteiger partial charge in [0.25, 0.3) is 0 Å². The molecule has 0 saturated heterocycles. The molecule has 0 aliphatic heterocycles. The molecule has 0 bridgehead atoms. The fourth-order valence-electron chi connectivity index (χ4n) is 1.60. The number of sulfonamides is 1. The molecule has 0 heterocycles. The van der Waals surface area contributed by atoms with Crippen molar-refractivity contribution in [2.75, 3.05) is 10.5 Å². The SMILES string of the molecule is CC(Br)c1ccccc1NS(=O)(=O)CCC(C)(C)C. The van der Waals surface area contributed by atoms with E-state index >= 15 is 0 Å². The average molecular weight is 348 g/mol. The highest BCUT2D eigenvalue weighted by atomic mass is 79.9. The van der Waals surface area contributed by atoms with Crippen LogP contribution in [0.5, 0.6) is 0 Å². The predicted molar refractivity (Wildman–Crippen MR) is 85.3 cm³/mol. The Kier molecular flexibility index (Phi) is 5.44. The van der Waals surface area contributed by atoms with Crippen molar-refractivity contribution in [1.82, 2.24) is 0 Å². The number of alkyl halides is 1. The fraction of sp³-hybridized carbons (Fsp3) is 0.571. The molecule has 0 amide bonds. The number of hydrogen-bond donors (Lipinski definition) is 1. The molecule has 1 rings (SSSR count). The van der Waals surface area contributed by atoms with Crippen LogP contribution in [0.1, 0.15) is 44.5 Å². The maximum Gasteiger partial charge on any atom is 0.232 e. The zero-order valence-corrected chi connectivity index (χ0v) is 14.3. The van der Waals surface area contributed by atoms with Crippen molar-refractivity contribution in [2.45, 2.75) is 38.9 Å². The minimum atomic E-state index is -3.29. The molecule has 0 saturated carbocycles. The fourth-order valence-corrected chi connectivity index (χ4v) is 3.50. The van der Waals surface area contributed by atoms with E-state index in [1.165, 1.54) is 0 Å². The lowest BCUT2D eigenvalue weighted by molar-refractivity contribution is 0.397. The summed E-state index contributed by atoms with van der Waals surface area (Å²) >= 11 is 3.48. The summed E-state index contributed by atoms with van der Waals surface area (Å²) in [5.74, 6) is 0.140. The van der Waals surface area contributed by atoms with Crippen molar-refractivity contribution in [2.24, 2.45) is 5.41 Å². The van der Waals surface area contributed by atoms with Crippen LogP contribution in [0.4, 0.5) is 5.69 Å². The van der Waals surface area contributed by atoms with Crippen molar-refractivity contribution in [3.63, 3.8) is 0 Å². The Bertz CT molecular complexity index is 518. The first-order valence-corrected chi connectivity index (χ1v) is 8.91. The lowest BCUT2D eigenvalue weighted by Crippen LogP contribution is -2.21. The van der Waals surface area contributed by atoms with Gasteiger partial charge in [-0.2, -0.15) is 0 Å². The number of halogens is 1. The Balaban J connectivity index is 2.84. The van der Waals surface area contributed by atoms with Crippen LogP contribution in [-0.4, -0.2) is 14.2 Å². The second-order valence-electron chi connectivity index (χ2n) is 5.93. The molecule has 3 nitrogen and oxygen atoms in total. The van der Waals surface area contributed by atoms with Gasteiger partial charge >= 0.3 is 0 Å². The summed E-state index contributed by atoms with van der Waals surface area (Å²) in [4.78, 5) is 0.106. The van der Waals surface area contributed by atoms with E-state index in [0.717, 1.165) is 5.56 Å². The first kappa shape index (κ1) is 16.5. The standard InChI is InChI=1S/C14H22BrNO2S/c1-11(15)12-7-5-6-8-13(12)16-19(17,18)10-9-14(2,3)4/h5-8,11,16H,9-10H2,1-4H3. The predicted octanol–water partition coefficient (Wildman–Crippen LogP) is 4.32. The monoisotopic (exact) mass is 347 g/mol. The number of anilines is 1. The lowest BCUT2D eigenvalue weighted by atomic mass is 9.94. The average Bonchev–Trinajstić information content (AvgIpc) is 2.26. The van der Waals surface area contributed by atoms with E-state index in [9.17, 15) is 8.42 Å². The molecule has 0 spiro atoms. The maximum absolute atomic E-state index is 12.1. The number of nitrogens with one attached hydrogen (secondary N) is 1. The quantitative estimate of drug-likeness (QED) is 0.806. The topological polar surface area (TPSA) is 46.2 Å². The molecule has 108 valence electrons. The highest BCUT2D eigenvalue weighted by Crippen LogP contribution is 2.29. The number of hydrogen-bond acceptors (Lipinski definition) is 2. The summed E-state index contributed by atoms with van der Waals surface area (Å²) in [5, 5.41) is 0. The van der Waals surface area contributed by atoms with E-state index in [0.29, 0.717) is 12.1 Å². The van der Waals surface area contributed by atoms with Gasteiger partial charge in [0, 0.05) is 4.83 Å². The lowest BCUT2D eigenvalue weighted by Gasteiger charge is -2.19. The molecule has 0 fully saturated rings. The summed E-state index contributed by atoms with van der Waals surface area (Å²) < 4.78 is 26.9. The van der Waals surface area contributed by atoms with Crippen LogP contribution in [0, 0.1) is 5.41 Å². The van der Waals surface area contributed by atoms with Crippen molar-refractivity contribution >= 4 is 31.6 Å². The van der Waals surface area contributed by atoms with E-state index < -0.39 is 10.0 Å². The summed E-state index contributed by atoms with van der Waals surface area (Å²) in [6.45, 7) is 8.09. The minimum Gasteiger partial charge on any atom is -0.283 e. The van der Waals surface area contributed by atoms with Crippen LogP contribution in [0.25, 0.3) is 0 Å². The van der Waals surface area contributed by atoms with Crippen molar-refractivity contribution in [3.05, 3.63) is 29.8 Å².